The first-order valence-corrected chi connectivity index (χ1v) is 10.1. The molecule has 2 nitrogen and oxygen atoms in total. The molecule has 28 heavy (non-hydrogen) atoms. The van der Waals surface area contributed by atoms with Crippen molar-refractivity contribution in [3.05, 3.63) is 71.5 Å². The molecule has 0 bridgehead atoms. The topological polar surface area (TPSA) is 25.8 Å². The van der Waals surface area contributed by atoms with Gasteiger partial charge in [0.2, 0.25) is 0 Å². The molecule has 0 saturated heterocycles. The minimum absolute atomic E-state index is 0.111. The minimum Gasteiger partial charge on any atom is -0.256 e. The molecule has 140 valence electrons. The summed E-state index contributed by atoms with van der Waals surface area (Å²) in [6.07, 6.45) is 4.89. The first-order valence-electron chi connectivity index (χ1n) is 10.1. The van der Waals surface area contributed by atoms with E-state index >= 15 is 0 Å². The standard InChI is InChI=1S/C26H26N2/c1-25(2,3)15-16-13-17-10-12-28-24-19-8-9-21-18(7-6-11-27-21)23(19)26(4,5)20(14-16)22(17)24/h6-14H,15H2,1-5H3. The van der Waals surface area contributed by atoms with E-state index in [1.807, 2.05) is 18.5 Å². The van der Waals surface area contributed by atoms with E-state index in [4.69, 9.17) is 4.98 Å². The van der Waals surface area contributed by atoms with E-state index in [-0.39, 0.29) is 10.8 Å². The maximum atomic E-state index is 4.84. The van der Waals surface area contributed by atoms with Crippen molar-refractivity contribution >= 4 is 21.7 Å². The fourth-order valence-corrected chi connectivity index (χ4v) is 4.95. The van der Waals surface area contributed by atoms with Crippen molar-refractivity contribution in [3.8, 4) is 11.3 Å². The summed E-state index contributed by atoms with van der Waals surface area (Å²) in [5.41, 5.74) is 7.68. The maximum Gasteiger partial charge on any atom is 0.0786 e. The summed E-state index contributed by atoms with van der Waals surface area (Å²) < 4.78 is 0. The molecular formula is C26H26N2. The highest BCUT2D eigenvalue weighted by atomic mass is 14.7. The molecule has 2 aromatic carbocycles. The lowest BCUT2D eigenvalue weighted by Gasteiger charge is -2.36. The summed E-state index contributed by atoms with van der Waals surface area (Å²) in [5.74, 6) is 0. The number of aromatic nitrogens is 2. The molecule has 0 spiro atoms. The average Bonchev–Trinajstić information content (AvgIpc) is 2.63. The van der Waals surface area contributed by atoms with Crippen LogP contribution in [0.1, 0.15) is 51.3 Å². The van der Waals surface area contributed by atoms with E-state index in [1.165, 1.54) is 38.4 Å². The molecule has 0 saturated carbocycles. The molecule has 5 rings (SSSR count). The van der Waals surface area contributed by atoms with Crippen LogP contribution in [0.25, 0.3) is 32.9 Å². The van der Waals surface area contributed by atoms with Gasteiger partial charge in [0.15, 0.2) is 0 Å². The Morgan fingerprint density at radius 1 is 0.929 bits per heavy atom. The Morgan fingerprint density at radius 3 is 2.54 bits per heavy atom. The number of fused-ring (bicyclic) bond motifs is 4. The molecule has 2 aromatic heterocycles. The second-order valence-corrected chi connectivity index (χ2v) is 9.82. The van der Waals surface area contributed by atoms with Gasteiger partial charge in [-0.15, -0.1) is 0 Å². The number of benzene rings is 2. The third-order valence-corrected chi connectivity index (χ3v) is 6.00. The van der Waals surface area contributed by atoms with Gasteiger partial charge < -0.3 is 0 Å². The Balaban J connectivity index is 1.90. The lowest BCUT2D eigenvalue weighted by molar-refractivity contribution is 0.411. The molecule has 0 aliphatic heterocycles. The van der Waals surface area contributed by atoms with Gasteiger partial charge in [-0.25, -0.2) is 0 Å². The molecule has 1 aliphatic rings. The summed E-state index contributed by atoms with van der Waals surface area (Å²) in [6, 6.07) is 15.5. The molecule has 1 aliphatic carbocycles. The van der Waals surface area contributed by atoms with Gasteiger partial charge in [0.05, 0.1) is 11.2 Å². The first kappa shape index (κ1) is 17.4. The molecule has 0 fully saturated rings. The summed E-state index contributed by atoms with van der Waals surface area (Å²) in [5, 5.41) is 3.84. The van der Waals surface area contributed by atoms with Gasteiger partial charge in [-0.3, -0.25) is 9.97 Å². The van der Waals surface area contributed by atoms with E-state index in [0.717, 1.165) is 17.6 Å². The molecule has 0 amide bonds. The normalized spacial score (nSPS) is 15.0. The summed E-state index contributed by atoms with van der Waals surface area (Å²) >= 11 is 0. The number of hydrogen-bond acceptors (Lipinski definition) is 2. The smallest absolute Gasteiger partial charge is 0.0786 e. The third-order valence-electron chi connectivity index (χ3n) is 6.00. The fraction of sp³-hybridized carbons (Fsp3) is 0.308. The highest BCUT2D eigenvalue weighted by Gasteiger charge is 2.36. The van der Waals surface area contributed by atoms with Gasteiger partial charge in [0, 0.05) is 34.1 Å². The number of pyridine rings is 2. The Morgan fingerprint density at radius 2 is 1.75 bits per heavy atom. The molecule has 2 heteroatoms. The Kier molecular flexibility index (Phi) is 3.49. The van der Waals surface area contributed by atoms with Crippen molar-refractivity contribution in [2.45, 2.75) is 46.5 Å². The lowest BCUT2D eigenvalue weighted by atomic mass is 9.67. The van der Waals surface area contributed by atoms with Crippen molar-refractivity contribution < 1.29 is 0 Å². The Bertz CT molecular complexity index is 1240. The highest BCUT2D eigenvalue weighted by molar-refractivity contribution is 6.05. The molecule has 2 heterocycles. The van der Waals surface area contributed by atoms with E-state index in [9.17, 15) is 0 Å². The van der Waals surface area contributed by atoms with Gasteiger partial charge >= 0.3 is 0 Å². The van der Waals surface area contributed by atoms with Crippen LogP contribution < -0.4 is 0 Å². The van der Waals surface area contributed by atoms with Crippen LogP contribution >= 0.6 is 0 Å². The van der Waals surface area contributed by atoms with Crippen molar-refractivity contribution in [1.82, 2.24) is 9.97 Å². The van der Waals surface area contributed by atoms with Crippen LogP contribution in [0.5, 0.6) is 0 Å². The van der Waals surface area contributed by atoms with Gasteiger partial charge in [0.1, 0.15) is 0 Å². The van der Waals surface area contributed by atoms with Crippen LogP contribution in [0, 0.1) is 5.41 Å². The monoisotopic (exact) mass is 366 g/mol. The van der Waals surface area contributed by atoms with Gasteiger partial charge in [-0.2, -0.15) is 0 Å². The molecule has 0 unspecified atom stereocenters. The van der Waals surface area contributed by atoms with Crippen LogP contribution in [0.15, 0.2) is 54.9 Å². The van der Waals surface area contributed by atoms with Crippen LogP contribution in [0.3, 0.4) is 0 Å². The van der Waals surface area contributed by atoms with E-state index in [0.29, 0.717) is 0 Å². The number of hydrogen-bond donors (Lipinski definition) is 0. The van der Waals surface area contributed by atoms with E-state index < -0.39 is 0 Å². The van der Waals surface area contributed by atoms with Gasteiger partial charge in [-0.1, -0.05) is 58.9 Å². The van der Waals surface area contributed by atoms with E-state index in [1.54, 1.807) is 0 Å². The lowest BCUT2D eigenvalue weighted by Crippen LogP contribution is -2.25. The number of nitrogens with zero attached hydrogens (tertiary/aromatic N) is 2. The van der Waals surface area contributed by atoms with Crippen LogP contribution in [-0.4, -0.2) is 9.97 Å². The molecule has 0 radical (unpaired) electrons. The van der Waals surface area contributed by atoms with Crippen molar-refractivity contribution in [3.63, 3.8) is 0 Å². The largest absolute Gasteiger partial charge is 0.256 e. The zero-order chi connectivity index (χ0) is 19.7. The third kappa shape index (κ3) is 2.47. The first-order chi connectivity index (χ1) is 13.3. The van der Waals surface area contributed by atoms with Gasteiger partial charge in [0.25, 0.3) is 0 Å². The SMILES string of the molecule is CC(C)(C)Cc1cc2c3c(nccc3c1)-c1ccc3ncccc3c1C2(C)C. The summed E-state index contributed by atoms with van der Waals surface area (Å²) in [6.45, 7) is 11.6. The molecule has 0 N–H and O–H groups in total. The Labute approximate surface area is 166 Å². The van der Waals surface area contributed by atoms with Crippen molar-refractivity contribution in [2.75, 3.05) is 0 Å². The molecular weight excluding hydrogens is 340 g/mol. The summed E-state index contributed by atoms with van der Waals surface area (Å²) in [7, 11) is 0. The van der Waals surface area contributed by atoms with Crippen molar-refractivity contribution in [2.24, 2.45) is 5.41 Å². The van der Waals surface area contributed by atoms with Crippen LogP contribution in [0.2, 0.25) is 0 Å². The van der Waals surface area contributed by atoms with E-state index in [2.05, 4.69) is 76.0 Å². The second-order valence-electron chi connectivity index (χ2n) is 9.82. The van der Waals surface area contributed by atoms with Crippen molar-refractivity contribution in [1.29, 1.82) is 0 Å². The van der Waals surface area contributed by atoms with Gasteiger partial charge in [-0.05, 0) is 52.1 Å². The fourth-order valence-electron chi connectivity index (χ4n) is 4.95. The molecule has 4 aromatic rings. The predicted octanol–water partition coefficient (Wildman–Crippen LogP) is 6.68. The Hall–Kier alpha value is -2.74. The second kappa shape index (κ2) is 5.64. The average molecular weight is 367 g/mol. The number of rotatable bonds is 1. The quantitative estimate of drug-likeness (QED) is 0.375. The zero-order valence-electron chi connectivity index (χ0n) is 17.3. The predicted molar refractivity (Wildman–Crippen MR) is 118 cm³/mol. The zero-order valence-corrected chi connectivity index (χ0v) is 17.3. The van der Waals surface area contributed by atoms with Crippen LogP contribution in [0.4, 0.5) is 0 Å². The minimum atomic E-state index is -0.111. The molecule has 0 atom stereocenters. The van der Waals surface area contributed by atoms with Crippen LogP contribution in [-0.2, 0) is 11.8 Å². The summed E-state index contributed by atoms with van der Waals surface area (Å²) in [4.78, 5) is 9.44. The maximum absolute atomic E-state index is 4.84. The highest BCUT2D eigenvalue weighted by Crippen LogP contribution is 2.50.